The fourth-order valence-electron chi connectivity index (χ4n) is 16.8. The molecule has 2 aliphatic heterocycles. The molecule has 538 valence electrons. The van der Waals surface area contributed by atoms with Crippen molar-refractivity contribution in [3.63, 3.8) is 0 Å². The maximum absolute atomic E-state index is 12.0. The van der Waals surface area contributed by atoms with Gasteiger partial charge < -0.3 is 18.9 Å². The molecular weight excluding hydrogens is 1320 g/mol. The molecule has 15 aromatic rings. The fourth-order valence-corrected chi connectivity index (χ4v) is 16.8. The molecule has 0 bridgehead atoms. The number of fused-ring (bicyclic) bond motifs is 10. The first-order valence-electron chi connectivity index (χ1n) is 41.1. The lowest BCUT2D eigenvalue weighted by molar-refractivity contribution is 0.568. The van der Waals surface area contributed by atoms with Crippen LogP contribution in [0.1, 0.15) is 170 Å². The topological polar surface area (TPSA) is 40.1 Å². The van der Waals surface area contributed by atoms with Crippen LogP contribution in [0.3, 0.4) is 0 Å². The molecule has 5 nitrogen and oxygen atoms in total. The molecule has 0 spiro atoms. The van der Waals surface area contributed by atoms with Crippen molar-refractivity contribution < 1.29 is 6.85 Å². The Morgan fingerprint density at radius 3 is 1.18 bits per heavy atom. The maximum Gasteiger partial charge on any atom is 0.252 e. The van der Waals surface area contributed by atoms with Gasteiger partial charge in [0.25, 0.3) is 6.71 Å². The average Bonchev–Trinajstić information content (AvgIpc) is 0.767. The van der Waals surface area contributed by atoms with Gasteiger partial charge in [0, 0.05) is 61.4 Å². The van der Waals surface area contributed by atoms with Crippen molar-refractivity contribution in [1.29, 1.82) is 5.26 Å². The standard InChI is InChI=1S/C103H98BN5/c1-98(2,3)73-39-45-90-84(59-73)85-60-74(99(4,5)6)40-46-91(85)107(90)80-42-44-87-94(62-80)108(81-52-68(65-31-23-20-24-32-65)47-69(53-81)70-48-75(100(7,8)9)57-76(49-70)101(10,11)12)95-55-72(71-50-77(102(13,14)15)58-78(51-71)103(16,17)18)56-96-97(95)104(87)86-43-38-66(64-29-21-19-22-30-64)54-93(86)109(96)92-61-79(41-37-67(92)63-105)106-88-35-27-25-33-82(88)83-34-26-28-36-89(83)106/h19-62H,1-18H3/i19D,21D,22D,29D,30D. The van der Waals surface area contributed by atoms with Gasteiger partial charge in [0.2, 0.25) is 0 Å². The molecule has 17 rings (SSSR count). The van der Waals surface area contributed by atoms with E-state index in [-0.39, 0.29) is 50.1 Å². The zero-order valence-corrected chi connectivity index (χ0v) is 66.3. The molecule has 0 atom stereocenters. The SMILES string of the molecule is [2H]c1c([2H])c([2H])c(-c2ccc3c(c2)N(c2cc(-n4c5ccccc5c5ccccc54)ccc2C#N)c2cc(-c4cc(C(C)(C)C)cc(C(C)(C)C)c4)cc4c2B3c2ccc(-n3c5ccc(C(C)(C)C)cc5c5cc(C(C)(C)C)ccc53)cc2N4c2cc(-c3ccccc3)cc(-c3cc(C(C)(C)C)cc(C(C)(C)C)c3)c2)c([2H])c1[2H]. The van der Waals surface area contributed by atoms with Crippen molar-refractivity contribution >= 4 is 101 Å². The smallest absolute Gasteiger partial charge is 0.252 e. The fraction of sp³-hybridized carbons (Fsp3) is 0.233. The summed E-state index contributed by atoms with van der Waals surface area (Å²) in [6.45, 7) is 40.8. The predicted molar refractivity (Wildman–Crippen MR) is 468 cm³/mol. The van der Waals surface area contributed by atoms with E-state index in [0.29, 0.717) is 22.5 Å². The first-order valence-corrected chi connectivity index (χ1v) is 38.6. The molecule has 6 heteroatoms. The normalized spacial score (nSPS) is 14.0. The maximum atomic E-state index is 12.0. The molecule has 2 aliphatic rings. The van der Waals surface area contributed by atoms with Crippen molar-refractivity contribution in [2.75, 3.05) is 9.80 Å². The van der Waals surface area contributed by atoms with E-state index in [0.717, 1.165) is 117 Å². The van der Waals surface area contributed by atoms with Crippen LogP contribution in [0, 0.1) is 11.3 Å². The number of para-hydroxylation sites is 2. The van der Waals surface area contributed by atoms with Gasteiger partial charge in [0.05, 0.1) is 40.2 Å². The van der Waals surface area contributed by atoms with E-state index < -0.39 is 24.8 Å². The minimum atomic E-state index is -0.502. The van der Waals surface area contributed by atoms with Gasteiger partial charge in [-0.2, -0.15) is 5.26 Å². The van der Waals surface area contributed by atoms with Gasteiger partial charge in [0.1, 0.15) is 6.07 Å². The first kappa shape index (κ1) is 64.8. The van der Waals surface area contributed by atoms with E-state index in [4.69, 9.17) is 4.11 Å². The molecule has 0 fully saturated rings. The third-order valence-corrected chi connectivity index (χ3v) is 23.1. The van der Waals surface area contributed by atoms with Gasteiger partial charge in [-0.25, -0.2) is 0 Å². The van der Waals surface area contributed by atoms with Crippen molar-refractivity contribution in [3.05, 3.63) is 306 Å². The summed E-state index contributed by atoms with van der Waals surface area (Å²) in [5.74, 6) is 0. The van der Waals surface area contributed by atoms with Crippen LogP contribution in [0.2, 0.25) is 0 Å². The highest BCUT2D eigenvalue weighted by atomic mass is 15.2. The molecular formula is C103H98BN5. The second kappa shape index (κ2) is 25.4. The van der Waals surface area contributed by atoms with Crippen molar-refractivity contribution in [1.82, 2.24) is 9.13 Å². The molecule has 4 heterocycles. The Bertz CT molecular complexity index is 6370. The lowest BCUT2D eigenvalue weighted by atomic mass is 9.33. The van der Waals surface area contributed by atoms with Crippen molar-refractivity contribution in [3.8, 4) is 62.0 Å². The summed E-state index contributed by atoms with van der Waals surface area (Å²) in [5.41, 5.74) is 27.6. The predicted octanol–water partition coefficient (Wildman–Crippen LogP) is 26.3. The monoisotopic (exact) mass is 1420 g/mol. The summed E-state index contributed by atoms with van der Waals surface area (Å²) in [7, 11) is 0. The Morgan fingerprint density at radius 2 is 0.688 bits per heavy atom. The number of nitrogens with zero attached hydrogens (tertiary/aromatic N) is 5. The lowest BCUT2D eigenvalue weighted by Gasteiger charge is -2.45. The van der Waals surface area contributed by atoms with E-state index in [1.807, 2.05) is 24.3 Å². The van der Waals surface area contributed by atoms with Crippen molar-refractivity contribution in [2.24, 2.45) is 0 Å². The summed E-state index contributed by atoms with van der Waals surface area (Å²) in [6, 6.07) is 88.3. The van der Waals surface area contributed by atoms with E-state index >= 15 is 0 Å². The number of hydrogen-bond donors (Lipinski definition) is 0. The largest absolute Gasteiger partial charge is 0.311 e. The molecule has 109 heavy (non-hydrogen) atoms. The minimum Gasteiger partial charge on any atom is -0.311 e. The second-order valence-corrected chi connectivity index (χ2v) is 36.8. The summed E-state index contributed by atoms with van der Waals surface area (Å²) >= 11 is 0. The number of hydrogen-bond acceptors (Lipinski definition) is 3. The molecule has 0 saturated heterocycles. The van der Waals surface area contributed by atoms with Crippen LogP contribution in [0.4, 0.5) is 34.1 Å². The highest BCUT2D eigenvalue weighted by Crippen LogP contribution is 2.52. The van der Waals surface area contributed by atoms with Gasteiger partial charge in [-0.3, -0.25) is 0 Å². The minimum absolute atomic E-state index is 0.0873. The van der Waals surface area contributed by atoms with Crippen LogP contribution in [-0.4, -0.2) is 15.8 Å². The van der Waals surface area contributed by atoms with E-state index in [9.17, 15) is 8.00 Å². The van der Waals surface area contributed by atoms with Crippen LogP contribution in [0.5, 0.6) is 0 Å². The summed E-state index contributed by atoms with van der Waals surface area (Å²) in [5, 5.41) is 16.6. The molecule has 0 N–H and O–H groups in total. The van der Waals surface area contributed by atoms with Crippen LogP contribution in [0.25, 0.3) is 99.5 Å². The zero-order chi connectivity index (χ0) is 80.7. The highest BCUT2D eigenvalue weighted by molar-refractivity contribution is 7.00. The van der Waals surface area contributed by atoms with Crippen LogP contribution in [-0.2, 0) is 32.5 Å². The Kier molecular flexibility index (Phi) is 15.1. The first-order chi connectivity index (χ1) is 53.8. The lowest BCUT2D eigenvalue weighted by Crippen LogP contribution is -2.61. The van der Waals surface area contributed by atoms with Gasteiger partial charge in [-0.1, -0.05) is 288 Å². The number of benzene rings is 13. The second-order valence-electron chi connectivity index (χ2n) is 36.8. The van der Waals surface area contributed by atoms with Crippen molar-refractivity contribution in [2.45, 2.75) is 157 Å². The Hall–Kier alpha value is -11.4. The number of nitriles is 1. The Balaban J connectivity index is 1.06. The van der Waals surface area contributed by atoms with E-state index in [1.165, 1.54) is 44.2 Å². The average molecular weight is 1420 g/mol. The molecule has 0 saturated carbocycles. The van der Waals surface area contributed by atoms with Gasteiger partial charge in [-0.05, 0) is 230 Å². The summed E-state index contributed by atoms with van der Waals surface area (Å²) in [6.07, 6.45) is 0. The number of aromatic nitrogens is 2. The molecule has 0 unspecified atom stereocenters. The molecule has 0 amide bonds. The van der Waals surface area contributed by atoms with E-state index in [1.54, 1.807) is 0 Å². The van der Waals surface area contributed by atoms with Crippen LogP contribution >= 0.6 is 0 Å². The molecule has 0 radical (unpaired) electrons. The number of rotatable bonds is 8. The Labute approximate surface area is 652 Å². The molecule has 13 aromatic carbocycles. The third-order valence-electron chi connectivity index (χ3n) is 23.1. The molecule has 2 aromatic heterocycles. The van der Waals surface area contributed by atoms with Crippen LogP contribution < -0.4 is 26.2 Å². The third kappa shape index (κ3) is 12.3. The quantitative estimate of drug-likeness (QED) is 0.142. The van der Waals surface area contributed by atoms with Gasteiger partial charge in [0.15, 0.2) is 0 Å². The number of anilines is 6. The molecule has 0 aliphatic carbocycles. The van der Waals surface area contributed by atoms with Gasteiger partial charge in [-0.15, -0.1) is 0 Å². The van der Waals surface area contributed by atoms with Gasteiger partial charge >= 0.3 is 0 Å². The van der Waals surface area contributed by atoms with Crippen LogP contribution in [0.15, 0.2) is 267 Å². The zero-order valence-electron chi connectivity index (χ0n) is 71.3. The Morgan fingerprint density at radius 1 is 0.284 bits per heavy atom. The summed E-state index contributed by atoms with van der Waals surface area (Å²) in [4.78, 5) is 4.82. The van der Waals surface area contributed by atoms with E-state index in [2.05, 4.69) is 362 Å². The highest BCUT2D eigenvalue weighted by Gasteiger charge is 2.45. The summed E-state index contributed by atoms with van der Waals surface area (Å²) < 4.78 is 51.2.